The van der Waals surface area contributed by atoms with E-state index in [0.29, 0.717) is 6.42 Å². The first-order valence-corrected chi connectivity index (χ1v) is 3.15. The van der Waals surface area contributed by atoms with E-state index in [-0.39, 0.29) is 0 Å². The van der Waals surface area contributed by atoms with Crippen molar-refractivity contribution in [2.75, 3.05) is 0 Å². The minimum atomic E-state index is -0.983. The SMILES string of the molecule is N#CC1(N=[N+]=[N-])C=CC=CC1. The number of hydrogen-bond donors (Lipinski definition) is 0. The van der Waals surface area contributed by atoms with Crippen molar-refractivity contribution in [3.8, 4) is 6.07 Å². The highest BCUT2D eigenvalue weighted by Crippen LogP contribution is 2.21. The summed E-state index contributed by atoms with van der Waals surface area (Å²) in [6, 6.07) is 1.96. The van der Waals surface area contributed by atoms with Crippen molar-refractivity contribution in [3.05, 3.63) is 34.7 Å². The summed E-state index contributed by atoms with van der Waals surface area (Å²) < 4.78 is 0. The van der Waals surface area contributed by atoms with E-state index in [1.54, 1.807) is 18.2 Å². The second-order valence-corrected chi connectivity index (χ2v) is 2.22. The highest BCUT2D eigenvalue weighted by molar-refractivity contribution is 5.29. The Morgan fingerprint density at radius 3 is 2.91 bits per heavy atom. The van der Waals surface area contributed by atoms with Gasteiger partial charge in [-0.25, -0.2) is 0 Å². The van der Waals surface area contributed by atoms with Gasteiger partial charge in [0.1, 0.15) is 0 Å². The minimum Gasteiger partial charge on any atom is -0.197 e. The van der Waals surface area contributed by atoms with Gasteiger partial charge in [0.2, 0.25) is 0 Å². The number of allylic oxidation sites excluding steroid dienone is 2. The number of rotatable bonds is 1. The normalized spacial score (nSPS) is 27.2. The molecule has 0 aromatic heterocycles. The summed E-state index contributed by atoms with van der Waals surface area (Å²) in [5, 5.41) is 12.1. The number of nitriles is 1. The van der Waals surface area contributed by atoms with Gasteiger partial charge in [-0.15, -0.1) is 0 Å². The molecule has 0 bridgehead atoms. The lowest BCUT2D eigenvalue weighted by atomic mass is 9.94. The summed E-state index contributed by atoms with van der Waals surface area (Å²) >= 11 is 0. The Morgan fingerprint density at radius 1 is 1.64 bits per heavy atom. The number of nitrogens with zero attached hydrogens (tertiary/aromatic N) is 4. The largest absolute Gasteiger partial charge is 0.197 e. The Morgan fingerprint density at radius 2 is 2.45 bits per heavy atom. The summed E-state index contributed by atoms with van der Waals surface area (Å²) in [4.78, 5) is 2.62. The zero-order valence-electron chi connectivity index (χ0n) is 5.81. The molecule has 0 N–H and O–H groups in total. The molecule has 0 aromatic carbocycles. The zero-order valence-corrected chi connectivity index (χ0v) is 5.81. The molecule has 11 heavy (non-hydrogen) atoms. The lowest BCUT2D eigenvalue weighted by Gasteiger charge is -2.15. The Labute approximate surface area is 64.1 Å². The molecule has 0 spiro atoms. The molecule has 0 heterocycles. The lowest BCUT2D eigenvalue weighted by molar-refractivity contribution is 0.669. The van der Waals surface area contributed by atoms with Crippen LogP contribution >= 0.6 is 0 Å². The van der Waals surface area contributed by atoms with Gasteiger partial charge in [0.25, 0.3) is 0 Å². The average Bonchev–Trinajstić information content (AvgIpc) is 2.07. The number of azide groups is 1. The van der Waals surface area contributed by atoms with E-state index < -0.39 is 5.54 Å². The van der Waals surface area contributed by atoms with E-state index >= 15 is 0 Å². The Hall–Kier alpha value is -1.72. The van der Waals surface area contributed by atoms with E-state index in [1.165, 1.54) is 0 Å². The molecule has 0 saturated carbocycles. The predicted molar refractivity (Wildman–Crippen MR) is 40.4 cm³/mol. The van der Waals surface area contributed by atoms with Crippen molar-refractivity contribution in [3.63, 3.8) is 0 Å². The molecule has 1 aliphatic rings. The van der Waals surface area contributed by atoms with Crippen molar-refractivity contribution < 1.29 is 0 Å². The van der Waals surface area contributed by atoms with Crippen LogP contribution in [0.3, 0.4) is 0 Å². The van der Waals surface area contributed by atoms with Gasteiger partial charge < -0.3 is 0 Å². The van der Waals surface area contributed by atoms with Gasteiger partial charge in [-0.3, -0.25) is 0 Å². The first-order valence-electron chi connectivity index (χ1n) is 3.15. The molecule has 0 saturated heterocycles. The maximum Gasteiger partial charge on any atom is 0.157 e. The smallest absolute Gasteiger partial charge is 0.157 e. The molecule has 4 heteroatoms. The quantitative estimate of drug-likeness (QED) is 0.317. The Bertz CT molecular complexity index is 290. The van der Waals surface area contributed by atoms with Gasteiger partial charge in [0.15, 0.2) is 5.54 Å². The molecule has 1 atom stereocenters. The lowest BCUT2D eigenvalue weighted by Crippen LogP contribution is -2.20. The first-order chi connectivity index (χ1) is 5.33. The van der Waals surface area contributed by atoms with Crippen LogP contribution in [0.5, 0.6) is 0 Å². The fourth-order valence-corrected chi connectivity index (χ4v) is 0.868. The second kappa shape index (κ2) is 2.91. The minimum absolute atomic E-state index is 0.462. The van der Waals surface area contributed by atoms with Crippen molar-refractivity contribution in [2.45, 2.75) is 12.0 Å². The van der Waals surface area contributed by atoms with Crippen molar-refractivity contribution in [2.24, 2.45) is 5.11 Å². The van der Waals surface area contributed by atoms with Gasteiger partial charge in [-0.1, -0.05) is 29.4 Å². The molecule has 0 radical (unpaired) electrons. The van der Waals surface area contributed by atoms with Crippen molar-refractivity contribution in [1.82, 2.24) is 0 Å². The highest BCUT2D eigenvalue weighted by atomic mass is 15.2. The molecule has 1 aliphatic carbocycles. The Balaban J connectivity index is 2.96. The van der Waals surface area contributed by atoms with Crippen LogP contribution in [0.25, 0.3) is 10.4 Å². The molecule has 0 aliphatic heterocycles. The van der Waals surface area contributed by atoms with E-state index in [0.717, 1.165) is 0 Å². The van der Waals surface area contributed by atoms with E-state index in [1.807, 2.05) is 12.1 Å². The molecule has 0 fully saturated rings. The van der Waals surface area contributed by atoms with Crippen LogP contribution in [-0.4, -0.2) is 5.54 Å². The van der Waals surface area contributed by atoms with Crippen LogP contribution in [0, 0.1) is 11.3 Å². The van der Waals surface area contributed by atoms with Crippen LogP contribution in [0.1, 0.15) is 6.42 Å². The maximum atomic E-state index is 8.67. The molecular formula is C7H6N4. The monoisotopic (exact) mass is 146 g/mol. The van der Waals surface area contributed by atoms with Crippen molar-refractivity contribution in [1.29, 1.82) is 5.26 Å². The summed E-state index contributed by atoms with van der Waals surface area (Å²) in [5.74, 6) is 0. The Kier molecular flexibility index (Phi) is 1.95. The van der Waals surface area contributed by atoms with E-state index in [4.69, 9.17) is 10.8 Å². The van der Waals surface area contributed by atoms with Gasteiger partial charge in [0.05, 0.1) is 6.07 Å². The van der Waals surface area contributed by atoms with Crippen LogP contribution in [0.15, 0.2) is 29.4 Å². The molecule has 0 amide bonds. The van der Waals surface area contributed by atoms with Crippen LogP contribution < -0.4 is 0 Å². The fraction of sp³-hybridized carbons (Fsp3) is 0.286. The summed E-state index contributed by atoms with van der Waals surface area (Å²) in [6.07, 6.45) is 7.40. The molecular weight excluding hydrogens is 140 g/mol. The van der Waals surface area contributed by atoms with Crippen LogP contribution in [-0.2, 0) is 0 Å². The predicted octanol–water partition coefficient (Wildman–Crippen LogP) is 2.08. The summed E-state index contributed by atoms with van der Waals surface area (Å²) in [5.41, 5.74) is 7.18. The topological polar surface area (TPSA) is 72.5 Å². The van der Waals surface area contributed by atoms with E-state index in [2.05, 4.69) is 10.0 Å². The summed E-state index contributed by atoms with van der Waals surface area (Å²) in [6.45, 7) is 0. The zero-order chi connectivity index (χ0) is 8.16. The number of hydrogen-bond acceptors (Lipinski definition) is 2. The molecule has 54 valence electrons. The molecule has 4 nitrogen and oxygen atoms in total. The molecule has 0 aromatic rings. The third-order valence-corrected chi connectivity index (χ3v) is 1.46. The fourth-order valence-electron chi connectivity index (χ4n) is 0.868. The average molecular weight is 146 g/mol. The molecule has 1 rings (SSSR count). The van der Waals surface area contributed by atoms with Gasteiger partial charge in [-0.2, -0.15) is 5.26 Å². The van der Waals surface area contributed by atoms with Crippen molar-refractivity contribution >= 4 is 0 Å². The third kappa shape index (κ3) is 1.40. The van der Waals surface area contributed by atoms with Gasteiger partial charge in [-0.05, 0) is 12.0 Å². The van der Waals surface area contributed by atoms with Crippen LogP contribution in [0.4, 0.5) is 0 Å². The van der Waals surface area contributed by atoms with Gasteiger partial charge >= 0.3 is 0 Å². The maximum absolute atomic E-state index is 8.67. The van der Waals surface area contributed by atoms with Crippen LogP contribution in [0.2, 0.25) is 0 Å². The summed E-state index contributed by atoms with van der Waals surface area (Å²) in [7, 11) is 0. The standard InChI is InChI=1S/C7H6N4/c8-6-7(10-11-9)4-2-1-3-5-7/h1-4H,5H2. The highest BCUT2D eigenvalue weighted by Gasteiger charge is 2.24. The second-order valence-electron chi connectivity index (χ2n) is 2.22. The first kappa shape index (κ1) is 7.39. The van der Waals surface area contributed by atoms with E-state index in [9.17, 15) is 0 Å². The van der Waals surface area contributed by atoms with Gasteiger partial charge in [0, 0.05) is 4.91 Å². The molecule has 1 unspecified atom stereocenters. The third-order valence-electron chi connectivity index (χ3n) is 1.46.